The third-order valence-corrected chi connectivity index (χ3v) is 7.93. The van der Waals surface area contributed by atoms with E-state index in [1.165, 1.54) is 28.1 Å². The van der Waals surface area contributed by atoms with Crippen LogP contribution in [0.15, 0.2) is 48.8 Å². The Hall–Kier alpha value is -3.50. The predicted molar refractivity (Wildman–Crippen MR) is 126 cm³/mol. The zero-order valence-electron chi connectivity index (χ0n) is 18.5. The van der Waals surface area contributed by atoms with E-state index < -0.39 is 22.8 Å². The Kier molecular flexibility index (Phi) is 5.52. The van der Waals surface area contributed by atoms with Crippen molar-refractivity contribution >= 4 is 22.3 Å². The minimum Gasteiger partial charge on any atom is -0.437 e. The third kappa shape index (κ3) is 4.12. The highest BCUT2D eigenvalue weighted by atomic mass is 32.3. The molecule has 3 aromatic rings. The van der Waals surface area contributed by atoms with Gasteiger partial charge in [-0.05, 0) is 46.9 Å². The number of hydrogen-bond acceptors (Lipinski definition) is 9. The number of nitrogens with zero attached hydrogens (tertiary/aromatic N) is 5. The fourth-order valence-corrected chi connectivity index (χ4v) is 5.49. The van der Waals surface area contributed by atoms with Gasteiger partial charge in [-0.15, -0.1) is 0 Å². The molecule has 1 saturated carbocycles. The second-order valence-electron chi connectivity index (χ2n) is 8.34. The van der Waals surface area contributed by atoms with Crippen molar-refractivity contribution in [1.29, 1.82) is 5.26 Å². The Labute approximate surface area is 201 Å². The first kappa shape index (κ1) is 23.3. The third-order valence-electron chi connectivity index (χ3n) is 6.06. The SMILES string of the molecule is CN1c2cc(-c3cc(Oc4cncc(CO)n4)ccc3C#N)ccc2N(CC2CC2(F)F)S1(O)O. The molecule has 1 aromatic heterocycles. The lowest BCUT2D eigenvalue weighted by atomic mass is 9.99. The first-order valence-electron chi connectivity index (χ1n) is 10.6. The Morgan fingerprint density at radius 1 is 1.20 bits per heavy atom. The molecule has 0 amide bonds. The number of ether oxygens (including phenoxy) is 1. The van der Waals surface area contributed by atoms with Gasteiger partial charge < -0.3 is 9.84 Å². The van der Waals surface area contributed by atoms with Gasteiger partial charge in [-0.25, -0.2) is 13.8 Å². The molecule has 2 aliphatic rings. The fraction of sp³-hybridized carbons (Fsp3) is 0.261. The summed E-state index contributed by atoms with van der Waals surface area (Å²) in [6, 6.07) is 12.0. The van der Waals surface area contributed by atoms with E-state index in [-0.39, 0.29) is 25.5 Å². The van der Waals surface area contributed by atoms with Crippen molar-refractivity contribution in [1.82, 2.24) is 9.97 Å². The van der Waals surface area contributed by atoms with Crippen molar-refractivity contribution in [2.45, 2.75) is 19.0 Å². The lowest BCUT2D eigenvalue weighted by molar-refractivity contribution is 0.101. The summed E-state index contributed by atoms with van der Waals surface area (Å²) < 4.78 is 56.8. The van der Waals surface area contributed by atoms with Crippen molar-refractivity contribution in [2.24, 2.45) is 5.92 Å². The summed E-state index contributed by atoms with van der Waals surface area (Å²) in [6.45, 7) is -0.465. The van der Waals surface area contributed by atoms with E-state index in [9.17, 15) is 28.3 Å². The highest BCUT2D eigenvalue weighted by Crippen LogP contribution is 2.63. The van der Waals surface area contributed by atoms with E-state index in [1.807, 2.05) is 0 Å². The number of rotatable bonds is 6. The summed E-state index contributed by atoms with van der Waals surface area (Å²) in [6.07, 6.45) is 2.53. The second kappa shape index (κ2) is 8.31. The van der Waals surface area contributed by atoms with Crippen LogP contribution in [0.25, 0.3) is 11.1 Å². The number of alkyl halides is 2. The van der Waals surface area contributed by atoms with E-state index in [0.717, 1.165) is 0 Å². The maximum absolute atomic E-state index is 13.5. The summed E-state index contributed by atoms with van der Waals surface area (Å²) in [5, 5.41) is 18.9. The van der Waals surface area contributed by atoms with Crippen LogP contribution in [-0.2, 0) is 6.61 Å². The van der Waals surface area contributed by atoms with E-state index in [4.69, 9.17) is 4.74 Å². The van der Waals surface area contributed by atoms with Crippen LogP contribution in [0.2, 0.25) is 0 Å². The minimum absolute atomic E-state index is 0.169. The maximum Gasteiger partial charge on any atom is 0.253 e. The van der Waals surface area contributed by atoms with Crippen LogP contribution in [0, 0.1) is 17.2 Å². The topological polar surface area (TPSA) is 126 Å². The Balaban J connectivity index is 1.49. The smallest absolute Gasteiger partial charge is 0.253 e. The predicted octanol–water partition coefficient (Wildman–Crippen LogP) is 4.79. The number of fused-ring (bicyclic) bond motifs is 1. The molecule has 0 radical (unpaired) electrons. The van der Waals surface area contributed by atoms with Crippen LogP contribution in [0.4, 0.5) is 20.2 Å². The van der Waals surface area contributed by atoms with Gasteiger partial charge in [0.2, 0.25) is 5.88 Å². The van der Waals surface area contributed by atoms with Crippen LogP contribution in [0.1, 0.15) is 17.7 Å². The van der Waals surface area contributed by atoms with Crippen molar-refractivity contribution in [3.05, 3.63) is 60.0 Å². The van der Waals surface area contributed by atoms with Gasteiger partial charge in [0.25, 0.3) is 5.92 Å². The minimum atomic E-state index is -3.49. The molecule has 1 atom stereocenters. The number of aromatic nitrogens is 2. The Bertz CT molecular complexity index is 1350. The number of halogens is 2. The van der Waals surface area contributed by atoms with Gasteiger partial charge in [-0.1, -0.05) is 6.07 Å². The molecule has 1 aliphatic heterocycles. The van der Waals surface area contributed by atoms with Gasteiger partial charge in [0.15, 0.2) is 0 Å². The molecule has 12 heteroatoms. The Morgan fingerprint density at radius 3 is 2.66 bits per heavy atom. The molecule has 1 aliphatic carbocycles. The van der Waals surface area contributed by atoms with E-state index in [0.29, 0.717) is 39.5 Å². The average Bonchev–Trinajstić information content (AvgIpc) is 3.41. The first-order valence-corrected chi connectivity index (χ1v) is 12.1. The Morgan fingerprint density at radius 2 is 1.97 bits per heavy atom. The van der Waals surface area contributed by atoms with Crippen LogP contribution >= 0.6 is 11.0 Å². The number of nitriles is 1. The highest BCUT2D eigenvalue weighted by molar-refractivity contribution is 8.26. The summed E-state index contributed by atoms with van der Waals surface area (Å²) in [5.41, 5.74) is 2.70. The molecule has 3 N–H and O–H groups in total. The van der Waals surface area contributed by atoms with E-state index in [1.54, 1.807) is 36.4 Å². The molecule has 1 unspecified atom stereocenters. The highest BCUT2D eigenvalue weighted by Gasteiger charge is 2.59. The normalized spacial score (nSPS) is 20.2. The molecule has 0 saturated heterocycles. The summed E-state index contributed by atoms with van der Waals surface area (Å²) in [4.78, 5) is 8.10. The monoisotopic (exact) mass is 501 g/mol. The van der Waals surface area contributed by atoms with Crippen LogP contribution in [0.5, 0.6) is 11.6 Å². The van der Waals surface area contributed by atoms with Crippen molar-refractivity contribution < 1.29 is 27.7 Å². The average molecular weight is 502 g/mol. The number of aliphatic hydroxyl groups excluding tert-OH is 1. The van der Waals surface area contributed by atoms with Crippen molar-refractivity contribution in [3.8, 4) is 28.8 Å². The largest absolute Gasteiger partial charge is 0.437 e. The van der Waals surface area contributed by atoms with Gasteiger partial charge in [-0.3, -0.25) is 22.7 Å². The van der Waals surface area contributed by atoms with E-state index >= 15 is 0 Å². The van der Waals surface area contributed by atoms with Crippen LogP contribution in [0.3, 0.4) is 0 Å². The summed E-state index contributed by atoms with van der Waals surface area (Å²) >= 11 is 0. The molecule has 0 bridgehead atoms. The lowest BCUT2D eigenvalue weighted by Crippen LogP contribution is -2.33. The molecular weight excluding hydrogens is 480 g/mol. The molecule has 5 rings (SSSR count). The molecule has 2 aromatic carbocycles. The van der Waals surface area contributed by atoms with Crippen molar-refractivity contribution in [3.63, 3.8) is 0 Å². The van der Waals surface area contributed by atoms with Gasteiger partial charge in [0.05, 0.1) is 47.7 Å². The molecule has 0 spiro atoms. The van der Waals surface area contributed by atoms with Crippen LogP contribution < -0.4 is 13.3 Å². The zero-order valence-corrected chi connectivity index (χ0v) is 19.3. The van der Waals surface area contributed by atoms with Gasteiger partial charge in [-0.2, -0.15) is 5.26 Å². The number of aliphatic hydroxyl groups is 1. The first-order chi connectivity index (χ1) is 16.6. The molecule has 182 valence electrons. The second-order valence-corrected chi connectivity index (χ2v) is 10.3. The molecule has 9 nitrogen and oxygen atoms in total. The molecule has 2 heterocycles. The quantitative estimate of drug-likeness (QED) is 0.437. The number of hydrogen-bond donors (Lipinski definition) is 3. The summed E-state index contributed by atoms with van der Waals surface area (Å²) in [5.74, 6) is -3.18. The molecule has 1 fully saturated rings. The molecular formula is C23H21F2N5O4S. The zero-order chi connectivity index (χ0) is 25.0. The van der Waals surface area contributed by atoms with Gasteiger partial charge in [0, 0.05) is 31.5 Å². The number of benzene rings is 2. The van der Waals surface area contributed by atoms with E-state index in [2.05, 4.69) is 16.0 Å². The summed E-state index contributed by atoms with van der Waals surface area (Å²) in [7, 11) is -2.01. The lowest BCUT2D eigenvalue weighted by Gasteiger charge is -2.42. The standard InChI is InChI=1S/C23H21F2N5O4S/c1-29-21-6-14(3-5-20(21)30(35(29,32)33)12-16-8-23(16,24)25)19-7-18(4-2-15(19)9-26)34-22-11-27-10-17(13-31)28-22/h2-7,10-11,16,31-33H,8,12-13H2,1H3. The number of anilines is 2. The molecule has 35 heavy (non-hydrogen) atoms. The van der Waals surface area contributed by atoms with Gasteiger partial charge in [0.1, 0.15) is 5.75 Å². The van der Waals surface area contributed by atoms with Crippen LogP contribution in [-0.4, -0.2) is 43.7 Å². The van der Waals surface area contributed by atoms with Crippen molar-refractivity contribution in [2.75, 3.05) is 22.2 Å². The fourth-order valence-electron chi connectivity index (χ4n) is 3.99. The van der Waals surface area contributed by atoms with Gasteiger partial charge >= 0.3 is 0 Å². The maximum atomic E-state index is 13.5.